The lowest BCUT2D eigenvalue weighted by Gasteiger charge is -2.18. The van der Waals surface area contributed by atoms with E-state index in [1.54, 1.807) is 22.0 Å². The average Bonchev–Trinajstić information content (AvgIpc) is 3.37. The van der Waals surface area contributed by atoms with Crippen molar-refractivity contribution < 1.29 is 9.90 Å². The number of aliphatic hydroxyl groups is 1. The normalized spacial score (nSPS) is 19.8. The summed E-state index contributed by atoms with van der Waals surface area (Å²) in [6, 6.07) is 9.26. The number of para-hydroxylation sites is 1. The topological polar surface area (TPSA) is 99.9 Å². The van der Waals surface area contributed by atoms with Gasteiger partial charge < -0.3 is 10.0 Å². The van der Waals surface area contributed by atoms with E-state index in [1.807, 2.05) is 31.2 Å². The number of aliphatic hydroxyl groups excluding tert-OH is 1. The number of β-amino-alcohol motifs (C(OH)–C–C–N with tert-alkyl or cyclic N) is 1. The number of H-pyrrole nitrogens is 1. The van der Waals surface area contributed by atoms with Crippen molar-refractivity contribution >= 4 is 5.91 Å². The van der Waals surface area contributed by atoms with Gasteiger partial charge in [-0.05, 0) is 31.5 Å². The number of hydrogen-bond donors (Lipinski definition) is 2. The maximum atomic E-state index is 13.0. The Labute approximate surface area is 150 Å². The highest BCUT2D eigenvalue weighted by Gasteiger charge is 2.35. The Morgan fingerprint density at radius 3 is 2.92 bits per heavy atom. The predicted octanol–water partition coefficient (Wildman–Crippen LogP) is 0.974. The van der Waals surface area contributed by atoms with Crippen LogP contribution in [-0.2, 0) is 6.42 Å². The van der Waals surface area contributed by atoms with Gasteiger partial charge in [0.15, 0.2) is 0 Å². The van der Waals surface area contributed by atoms with Crippen molar-refractivity contribution in [1.82, 2.24) is 29.9 Å². The first-order valence-electron chi connectivity index (χ1n) is 8.54. The van der Waals surface area contributed by atoms with E-state index in [0.717, 1.165) is 11.4 Å². The smallest absolute Gasteiger partial charge is 0.256 e. The van der Waals surface area contributed by atoms with Gasteiger partial charge in [-0.3, -0.25) is 9.89 Å². The molecule has 2 aromatic heterocycles. The molecule has 0 saturated carbocycles. The number of likely N-dealkylation sites (tertiary alicyclic amines) is 1. The van der Waals surface area contributed by atoms with Gasteiger partial charge >= 0.3 is 0 Å². The molecule has 134 valence electrons. The molecular weight excluding hydrogens is 332 g/mol. The van der Waals surface area contributed by atoms with E-state index in [1.165, 1.54) is 6.33 Å². The molecule has 1 fully saturated rings. The summed E-state index contributed by atoms with van der Waals surface area (Å²) in [5, 5.41) is 21.7. The van der Waals surface area contributed by atoms with Crippen LogP contribution in [0.2, 0.25) is 0 Å². The summed E-state index contributed by atoms with van der Waals surface area (Å²) < 4.78 is 1.57. The first-order valence-corrected chi connectivity index (χ1v) is 8.54. The van der Waals surface area contributed by atoms with E-state index in [0.29, 0.717) is 30.8 Å². The molecule has 3 heterocycles. The summed E-state index contributed by atoms with van der Waals surface area (Å²) in [5.41, 5.74) is 3.11. The number of aromatic amines is 1. The number of carbonyl (C=O) groups excluding carboxylic acids is 1. The Hall–Kier alpha value is -3.00. The molecule has 1 aromatic carbocycles. The molecule has 3 aromatic rings. The van der Waals surface area contributed by atoms with Crippen molar-refractivity contribution in [3.05, 3.63) is 59.9 Å². The number of carbonyl (C=O) groups is 1. The molecule has 8 heteroatoms. The zero-order valence-electron chi connectivity index (χ0n) is 14.4. The van der Waals surface area contributed by atoms with Gasteiger partial charge in [-0.25, -0.2) is 9.67 Å². The molecule has 8 nitrogen and oxygen atoms in total. The molecule has 0 aliphatic carbocycles. The lowest BCUT2D eigenvalue weighted by molar-refractivity contribution is 0.0764. The van der Waals surface area contributed by atoms with Crippen LogP contribution in [0.3, 0.4) is 0 Å². The van der Waals surface area contributed by atoms with Crippen LogP contribution in [0.1, 0.15) is 21.7 Å². The van der Waals surface area contributed by atoms with Crippen LogP contribution >= 0.6 is 0 Å². The number of benzene rings is 1. The zero-order chi connectivity index (χ0) is 18.1. The van der Waals surface area contributed by atoms with Gasteiger partial charge in [0, 0.05) is 24.7 Å². The van der Waals surface area contributed by atoms with E-state index in [9.17, 15) is 9.90 Å². The van der Waals surface area contributed by atoms with Crippen LogP contribution in [0.4, 0.5) is 0 Å². The number of hydrogen-bond acceptors (Lipinski definition) is 5. The number of aromatic nitrogens is 5. The highest BCUT2D eigenvalue weighted by molar-refractivity contribution is 5.98. The summed E-state index contributed by atoms with van der Waals surface area (Å²) in [6.07, 6.45) is 3.07. The number of rotatable bonds is 4. The molecule has 1 amide bonds. The quantitative estimate of drug-likeness (QED) is 0.729. The van der Waals surface area contributed by atoms with Gasteiger partial charge in [0.1, 0.15) is 12.7 Å². The van der Waals surface area contributed by atoms with Crippen molar-refractivity contribution in [1.29, 1.82) is 0 Å². The van der Waals surface area contributed by atoms with Crippen molar-refractivity contribution in [2.24, 2.45) is 5.92 Å². The maximum absolute atomic E-state index is 13.0. The van der Waals surface area contributed by atoms with Crippen molar-refractivity contribution in [3.8, 4) is 5.69 Å². The minimum atomic E-state index is -0.561. The maximum Gasteiger partial charge on any atom is 0.256 e. The molecule has 2 N–H and O–H groups in total. The lowest BCUT2D eigenvalue weighted by Crippen LogP contribution is -2.30. The molecule has 2 atom stereocenters. The van der Waals surface area contributed by atoms with Crippen LogP contribution < -0.4 is 0 Å². The molecule has 0 spiro atoms. The predicted molar refractivity (Wildman–Crippen MR) is 93.8 cm³/mol. The summed E-state index contributed by atoms with van der Waals surface area (Å²) >= 11 is 0. The second kappa shape index (κ2) is 6.72. The Kier molecular flexibility index (Phi) is 4.26. The fraction of sp³-hybridized carbons (Fsp3) is 0.333. The summed E-state index contributed by atoms with van der Waals surface area (Å²) in [4.78, 5) is 18.7. The number of amides is 1. The molecular formula is C18H20N6O2. The molecule has 1 aliphatic rings. The van der Waals surface area contributed by atoms with Crippen LogP contribution in [0.15, 0.2) is 43.0 Å². The first-order chi connectivity index (χ1) is 12.6. The van der Waals surface area contributed by atoms with Crippen LogP contribution in [0.25, 0.3) is 5.69 Å². The molecule has 1 aliphatic heterocycles. The average molecular weight is 352 g/mol. The second-order valence-electron chi connectivity index (χ2n) is 6.64. The fourth-order valence-corrected chi connectivity index (χ4v) is 3.43. The SMILES string of the molecule is Cc1cc(C[C@@H]2CN(C(=O)c3ccccc3-n3cncn3)C[C@H]2O)n[nH]1. The van der Waals surface area contributed by atoms with E-state index >= 15 is 0 Å². The number of aryl methyl sites for hydroxylation is 1. The van der Waals surface area contributed by atoms with Gasteiger partial charge in [-0.2, -0.15) is 10.2 Å². The minimum Gasteiger partial charge on any atom is -0.391 e. The molecule has 0 unspecified atom stereocenters. The monoisotopic (exact) mass is 352 g/mol. The van der Waals surface area contributed by atoms with Gasteiger partial charge in [-0.15, -0.1) is 0 Å². The third-order valence-corrected chi connectivity index (χ3v) is 4.72. The summed E-state index contributed by atoms with van der Waals surface area (Å²) in [6.45, 7) is 2.76. The highest BCUT2D eigenvalue weighted by Crippen LogP contribution is 2.24. The van der Waals surface area contributed by atoms with E-state index in [-0.39, 0.29) is 11.8 Å². The highest BCUT2D eigenvalue weighted by atomic mass is 16.3. The Morgan fingerprint density at radius 2 is 2.19 bits per heavy atom. The molecule has 4 rings (SSSR count). The molecule has 1 saturated heterocycles. The van der Waals surface area contributed by atoms with Crippen molar-refractivity contribution in [3.63, 3.8) is 0 Å². The van der Waals surface area contributed by atoms with Crippen LogP contribution in [-0.4, -0.2) is 60.1 Å². The first kappa shape index (κ1) is 16.5. The third kappa shape index (κ3) is 3.11. The number of nitrogens with one attached hydrogen (secondary N) is 1. The Morgan fingerprint density at radius 1 is 1.35 bits per heavy atom. The van der Waals surface area contributed by atoms with Crippen LogP contribution in [0.5, 0.6) is 0 Å². The van der Waals surface area contributed by atoms with Crippen molar-refractivity contribution in [2.45, 2.75) is 19.4 Å². The zero-order valence-corrected chi connectivity index (χ0v) is 14.4. The van der Waals surface area contributed by atoms with Crippen LogP contribution in [0, 0.1) is 12.8 Å². The third-order valence-electron chi connectivity index (χ3n) is 4.72. The summed E-state index contributed by atoms with van der Waals surface area (Å²) in [5.74, 6) is -0.143. The van der Waals surface area contributed by atoms with Gasteiger partial charge in [-0.1, -0.05) is 12.1 Å². The second-order valence-corrected chi connectivity index (χ2v) is 6.64. The minimum absolute atomic E-state index is 0.0276. The van der Waals surface area contributed by atoms with Gasteiger partial charge in [0.2, 0.25) is 0 Å². The van der Waals surface area contributed by atoms with Gasteiger partial charge in [0.05, 0.1) is 23.0 Å². The molecule has 0 radical (unpaired) electrons. The number of nitrogens with zero attached hydrogens (tertiary/aromatic N) is 5. The van der Waals surface area contributed by atoms with E-state index in [4.69, 9.17) is 0 Å². The molecule has 26 heavy (non-hydrogen) atoms. The van der Waals surface area contributed by atoms with Gasteiger partial charge in [0.25, 0.3) is 5.91 Å². The fourth-order valence-electron chi connectivity index (χ4n) is 3.43. The molecule has 0 bridgehead atoms. The summed E-state index contributed by atoms with van der Waals surface area (Å²) in [7, 11) is 0. The Bertz CT molecular complexity index is 904. The lowest BCUT2D eigenvalue weighted by atomic mass is 10.00. The standard InChI is InChI=1S/C18H20N6O2/c1-12-6-14(22-21-12)7-13-8-23(9-17(13)25)18(26)15-4-2-3-5-16(15)24-11-19-10-20-24/h2-6,10-11,13,17,25H,7-9H2,1H3,(H,21,22)/t13-,17-/m1/s1. The van der Waals surface area contributed by atoms with E-state index < -0.39 is 6.10 Å². The van der Waals surface area contributed by atoms with Crippen molar-refractivity contribution in [2.75, 3.05) is 13.1 Å². The van der Waals surface area contributed by atoms with E-state index in [2.05, 4.69) is 20.3 Å². The Balaban J connectivity index is 1.53. The largest absolute Gasteiger partial charge is 0.391 e.